The van der Waals surface area contributed by atoms with Crippen molar-refractivity contribution in [2.75, 3.05) is 25.8 Å². The molecule has 5 nitrogen and oxygen atoms in total. The van der Waals surface area contributed by atoms with Crippen LogP contribution in [0.4, 0.5) is 5.69 Å². The van der Waals surface area contributed by atoms with Gasteiger partial charge in [-0.2, -0.15) is 0 Å². The Morgan fingerprint density at radius 1 is 1.14 bits per heavy atom. The molecule has 0 fully saturated rings. The third-order valence-corrected chi connectivity index (χ3v) is 6.94. The molecular weight excluding hydrogens is 415 g/mol. The molecule has 8 heteroatoms. The maximum atomic E-state index is 12.8. The summed E-state index contributed by atoms with van der Waals surface area (Å²) in [6, 6.07) is 11.7. The van der Waals surface area contributed by atoms with Gasteiger partial charge in [-0.05, 0) is 55.7 Å². The number of hydrogen-bond donors (Lipinski definition) is 1. The Morgan fingerprint density at radius 2 is 1.71 bits per heavy atom. The van der Waals surface area contributed by atoms with Crippen LogP contribution in [-0.2, 0) is 20.2 Å². The van der Waals surface area contributed by atoms with E-state index in [1.54, 1.807) is 4.90 Å². The highest BCUT2D eigenvalue weighted by Crippen LogP contribution is 2.47. The summed E-state index contributed by atoms with van der Waals surface area (Å²) < 4.78 is 23.0. The lowest BCUT2D eigenvalue weighted by molar-refractivity contribution is 0.260. The quantitative estimate of drug-likeness (QED) is 0.426. The lowest BCUT2D eigenvalue weighted by Crippen LogP contribution is -2.35. The molecule has 0 saturated carbocycles. The SMILES string of the molecule is COP(=O)(CN(Cc1ccccc1Cl)C(=S)Nc1c(C)cc(C)cc1C)OC. The summed E-state index contributed by atoms with van der Waals surface area (Å²) in [5.41, 5.74) is 5.15. The lowest BCUT2D eigenvalue weighted by Gasteiger charge is -2.29. The number of rotatable bonds is 7. The summed E-state index contributed by atoms with van der Waals surface area (Å²) in [6.07, 6.45) is 0.00101. The van der Waals surface area contributed by atoms with E-state index in [0.717, 1.165) is 22.4 Å². The normalized spacial score (nSPS) is 11.4. The zero-order chi connectivity index (χ0) is 20.9. The highest BCUT2D eigenvalue weighted by molar-refractivity contribution is 7.80. The maximum absolute atomic E-state index is 12.8. The zero-order valence-corrected chi connectivity index (χ0v) is 19.3. The second kappa shape index (κ2) is 9.86. The number of nitrogens with one attached hydrogen (secondary N) is 1. The number of halogens is 1. The first-order valence-electron chi connectivity index (χ1n) is 8.77. The molecule has 28 heavy (non-hydrogen) atoms. The molecule has 2 aromatic carbocycles. The number of aryl methyl sites for hydroxylation is 3. The van der Waals surface area contributed by atoms with E-state index in [1.165, 1.54) is 19.8 Å². The molecule has 0 bridgehead atoms. The van der Waals surface area contributed by atoms with Crippen molar-refractivity contribution in [1.82, 2.24) is 4.90 Å². The van der Waals surface area contributed by atoms with Crippen molar-refractivity contribution in [2.24, 2.45) is 0 Å². The summed E-state index contributed by atoms with van der Waals surface area (Å²) in [6.45, 7) is 6.47. The van der Waals surface area contributed by atoms with Crippen LogP contribution in [-0.4, -0.2) is 30.5 Å². The van der Waals surface area contributed by atoms with Gasteiger partial charge in [0.25, 0.3) is 0 Å². The van der Waals surface area contributed by atoms with Crippen molar-refractivity contribution in [3.8, 4) is 0 Å². The zero-order valence-electron chi connectivity index (χ0n) is 16.8. The van der Waals surface area contributed by atoms with E-state index in [0.29, 0.717) is 16.7 Å². The predicted molar refractivity (Wildman–Crippen MR) is 120 cm³/mol. The minimum atomic E-state index is -3.32. The van der Waals surface area contributed by atoms with E-state index in [1.807, 2.05) is 38.1 Å². The Morgan fingerprint density at radius 3 is 2.25 bits per heavy atom. The van der Waals surface area contributed by atoms with Gasteiger partial charge in [0.15, 0.2) is 5.11 Å². The molecule has 0 aliphatic carbocycles. The number of thiocarbonyl (C=S) groups is 1. The van der Waals surface area contributed by atoms with Gasteiger partial charge < -0.3 is 19.3 Å². The summed E-state index contributed by atoms with van der Waals surface area (Å²) in [4.78, 5) is 1.75. The molecule has 2 aromatic rings. The Labute approximate surface area is 177 Å². The van der Waals surface area contributed by atoms with Crippen LogP contribution in [0.1, 0.15) is 22.3 Å². The minimum Gasteiger partial charge on any atom is -0.333 e. The smallest absolute Gasteiger partial charge is 0.333 e. The van der Waals surface area contributed by atoms with Gasteiger partial charge in [0.2, 0.25) is 0 Å². The molecule has 0 amide bonds. The first-order valence-corrected chi connectivity index (χ1v) is 11.3. The molecule has 0 aromatic heterocycles. The van der Waals surface area contributed by atoms with Crippen LogP contribution < -0.4 is 5.32 Å². The van der Waals surface area contributed by atoms with E-state index in [9.17, 15) is 4.57 Å². The summed E-state index contributed by atoms with van der Waals surface area (Å²) in [7, 11) is -0.597. The van der Waals surface area contributed by atoms with E-state index in [4.69, 9.17) is 32.9 Å². The first-order chi connectivity index (χ1) is 13.2. The maximum Gasteiger partial charge on any atom is 0.349 e. The van der Waals surface area contributed by atoms with Gasteiger partial charge in [-0.1, -0.05) is 47.5 Å². The van der Waals surface area contributed by atoms with Gasteiger partial charge in [0.1, 0.15) is 6.29 Å². The van der Waals surface area contributed by atoms with Crippen LogP contribution in [0.2, 0.25) is 5.02 Å². The number of anilines is 1. The minimum absolute atomic E-state index is 0.00101. The third kappa shape index (κ3) is 5.79. The number of hydrogen-bond acceptors (Lipinski definition) is 4. The monoisotopic (exact) mass is 440 g/mol. The van der Waals surface area contributed by atoms with Crippen molar-refractivity contribution >= 4 is 42.2 Å². The van der Waals surface area contributed by atoms with E-state index in [-0.39, 0.29) is 6.29 Å². The van der Waals surface area contributed by atoms with Gasteiger partial charge in [0.05, 0.1) is 0 Å². The third-order valence-electron chi connectivity index (χ3n) is 4.42. The van der Waals surface area contributed by atoms with Gasteiger partial charge in [-0.25, -0.2) is 0 Å². The van der Waals surface area contributed by atoms with Crippen molar-refractivity contribution in [2.45, 2.75) is 27.3 Å². The Bertz CT molecular complexity index is 876. The lowest BCUT2D eigenvalue weighted by atomic mass is 10.1. The fraction of sp³-hybridized carbons (Fsp3) is 0.350. The summed E-state index contributed by atoms with van der Waals surface area (Å²) in [5, 5.41) is 4.33. The van der Waals surface area contributed by atoms with Gasteiger partial charge >= 0.3 is 7.60 Å². The molecule has 152 valence electrons. The molecule has 0 unspecified atom stereocenters. The fourth-order valence-corrected chi connectivity index (χ4v) is 4.54. The van der Waals surface area contributed by atoms with E-state index in [2.05, 4.69) is 24.4 Å². The number of benzene rings is 2. The van der Waals surface area contributed by atoms with E-state index >= 15 is 0 Å². The predicted octanol–water partition coefficient (Wildman–Crippen LogP) is 5.91. The molecule has 0 atom stereocenters. The van der Waals surface area contributed by atoms with Gasteiger partial charge in [-0.15, -0.1) is 0 Å². The van der Waals surface area contributed by atoms with Crippen LogP contribution in [0.25, 0.3) is 0 Å². The van der Waals surface area contributed by atoms with Gasteiger partial charge in [0, 0.05) is 31.5 Å². The number of nitrogens with zero attached hydrogens (tertiary/aromatic N) is 1. The second-order valence-electron chi connectivity index (χ2n) is 6.61. The average molecular weight is 441 g/mol. The van der Waals surface area contributed by atoms with Crippen LogP contribution in [0, 0.1) is 20.8 Å². The molecule has 0 radical (unpaired) electrons. The first kappa shape index (κ1) is 22.9. The largest absolute Gasteiger partial charge is 0.349 e. The Kier molecular flexibility index (Phi) is 8.05. The summed E-state index contributed by atoms with van der Waals surface area (Å²) >= 11 is 12.0. The van der Waals surface area contributed by atoms with Gasteiger partial charge in [-0.3, -0.25) is 4.57 Å². The second-order valence-corrected chi connectivity index (χ2v) is 9.64. The van der Waals surface area contributed by atoms with Crippen LogP contribution >= 0.6 is 31.4 Å². The van der Waals surface area contributed by atoms with Crippen molar-refractivity contribution < 1.29 is 13.6 Å². The Hall–Kier alpha value is -1.43. The van der Waals surface area contributed by atoms with E-state index < -0.39 is 7.60 Å². The molecule has 0 spiro atoms. The molecule has 0 aliphatic rings. The van der Waals surface area contributed by atoms with Crippen LogP contribution in [0.3, 0.4) is 0 Å². The molecule has 1 N–H and O–H groups in total. The highest BCUT2D eigenvalue weighted by atomic mass is 35.5. The molecule has 0 aliphatic heterocycles. The van der Waals surface area contributed by atoms with Crippen LogP contribution in [0.5, 0.6) is 0 Å². The van der Waals surface area contributed by atoms with Crippen molar-refractivity contribution in [1.29, 1.82) is 0 Å². The average Bonchev–Trinajstić information content (AvgIpc) is 2.65. The molecule has 0 saturated heterocycles. The summed E-state index contributed by atoms with van der Waals surface area (Å²) in [5.74, 6) is 0. The molecule has 0 heterocycles. The highest BCUT2D eigenvalue weighted by Gasteiger charge is 2.27. The fourth-order valence-electron chi connectivity index (χ4n) is 2.98. The Balaban J connectivity index is 2.33. The standard InChI is InChI=1S/C20H26ClN2O3PS/c1-14-10-15(2)19(16(3)11-14)22-20(28)23(13-27(24,25-4)26-5)12-17-8-6-7-9-18(17)21/h6-11H,12-13H2,1-5H3,(H,22,28). The van der Waals surface area contributed by atoms with Crippen LogP contribution in [0.15, 0.2) is 36.4 Å². The van der Waals surface area contributed by atoms with Crippen molar-refractivity contribution in [3.05, 3.63) is 63.7 Å². The molecular formula is C20H26ClN2O3PS. The van der Waals surface area contributed by atoms with Crippen molar-refractivity contribution in [3.63, 3.8) is 0 Å². The molecule has 2 rings (SSSR count). The topological polar surface area (TPSA) is 50.8 Å².